The highest BCUT2D eigenvalue weighted by Gasteiger charge is 2.18. The number of amides is 1. The molecule has 0 radical (unpaired) electrons. The predicted molar refractivity (Wildman–Crippen MR) is 42.0 cm³/mol. The Labute approximate surface area is 68.9 Å². The summed E-state index contributed by atoms with van der Waals surface area (Å²) in [4.78, 5) is 11.6. The van der Waals surface area contributed by atoms with Crippen LogP contribution >= 0.6 is 11.8 Å². The van der Waals surface area contributed by atoms with Crippen LogP contribution in [0.1, 0.15) is 0 Å². The largest absolute Gasteiger partial charge is 0.340 e. The van der Waals surface area contributed by atoms with Crippen LogP contribution in [0.15, 0.2) is 0 Å². The van der Waals surface area contributed by atoms with Crippen LogP contribution < -0.4 is 0 Å². The van der Waals surface area contributed by atoms with Crippen molar-refractivity contribution in [2.75, 3.05) is 25.6 Å². The van der Waals surface area contributed by atoms with Crippen molar-refractivity contribution in [3.8, 4) is 0 Å². The molecule has 0 N–H and O–H groups in total. The summed E-state index contributed by atoms with van der Waals surface area (Å²) in [5.41, 5.74) is 0. The van der Waals surface area contributed by atoms with Gasteiger partial charge in [0.2, 0.25) is 0 Å². The highest BCUT2D eigenvalue weighted by molar-refractivity contribution is 7.98. The van der Waals surface area contributed by atoms with Gasteiger partial charge in [0, 0.05) is 19.3 Å². The SMILES string of the molecule is CSCCN(C)C(=O)C(F)F. The van der Waals surface area contributed by atoms with Gasteiger partial charge >= 0.3 is 6.43 Å². The van der Waals surface area contributed by atoms with Gasteiger partial charge in [-0.3, -0.25) is 4.79 Å². The van der Waals surface area contributed by atoms with Gasteiger partial charge < -0.3 is 4.90 Å². The van der Waals surface area contributed by atoms with Crippen LogP contribution in [0.3, 0.4) is 0 Å². The van der Waals surface area contributed by atoms with Gasteiger partial charge in [-0.25, -0.2) is 0 Å². The highest BCUT2D eigenvalue weighted by Crippen LogP contribution is 2.00. The van der Waals surface area contributed by atoms with E-state index in [4.69, 9.17) is 0 Å². The second-order valence-corrected chi connectivity index (χ2v) is 3.04. The predicted octanol–water partition coefficient (Wildman–Crippen LogP) is 1.07. The summed E-state index contributed by atoms with van der Waals surface area (Å²) < 4.78 is 23.4. The molecule has 11 heavy (non-hydrogen) atoms. The third kappa shape index (κ3) is 4.19. The molecular weight excluding hydrogens is 172 g/mol. The van der Waals surface area contributed by atoms with E-state index in [1.54, 1.807) is 0 Å². The van der Waals surface area contributed by atoms with Gasteiger partial charge in [-0.05, 0) is 6.26 Å². The van der Waals surface area contributed by atoms with Crippen molar-refractivity contribution in [3.05, 3.63) is 0 Å². The third-order valence-corrected chi connectivity index (χ3v) is 1.78. The summed E-state index contributed by atoms with van der Waals surface area (Å²) in [5, 5.41) is 0. The molecule has 0 aliphatic carbocycles. The number of thioether (sulfide) groups is 1. The molecule has 1 amide bonds. The maximum Gasteiger partial charge on any atom is 0.315 e. The van der Waals surface area contributed by atoms with Crippen molar-refractivity contribution < 1.29 is 13.6 Å². The van der Waals surface area contributed by atoms with Crippen LogP contribution in [-0.2, 0) is 4.79 Å². The van der Waals surface area contributed by atoms with Crippen LogP contribution in [0.25, 0.3) is 0 Å². The number of rotatable bonds is 4. The molecule has 2 nitrogen and oxygen atoms in total. The quantitative estimate of drug-likeness (QED) is 0.650. The summed E-state index contributed by atoms with van der Waals surface area (Å²) in [6, 6.07) is 0. The maximum atomic E-state index is 11.7. The van der Waals surface area contributed by atoms with Crippen LogP contribution in [0.4, 0.5) is 8.78 Å². The van der Waals surface area contributed by atoms with Gasteiger partial charge in [0.05, 0.1) is 0 Å². The number of halogens is 2. The summed E-state index contributed by atoms with van der Waals surface area (Å²) in [5.74, 6) is -0.409. The maximum absolute atomic E-state index is 11.7. The zero-order valence-corrected chi connectivity index (χ0v) is 7.33. The van der Waals surface area contributed by atoms with Crippen LogP contribution in [0.5, 0.6) is 0 Å². The molecule has 0 aliphatic heterocycles. The Bertz CT molecular complexity index is 132. The average molecular weight is 183 g/mol. The number of alkyl halides is 2. The van der Waals surface area contributed by atoms with E-state index in [9.17, 15) is 13.6 Å². The monoisotopic (exact) mass is 183 g/mol. The van der Waals surface area contributed by atoms with Gasteiger partial charge in [-0.2, -0.15) is 20.5 Å². The Morgan fingerprint density at radius 2 is 2.18 bits per heavy atom. The summed E-state index contributed by atoms with van der Waals surface area (Å²) >= 11 is 1.52. The molecule has 0 saturated carbocycles. The number of nitrogens with zero attached hydrogens (tertiary/aromatic N) is 1. The van der Waals surface area contributed by atoms with Crippen molar-refractivity contribution in [2.24, 2.45) is 0 Å². The Morgan fingerprint density at radius 3 is 2.55 bits per heavy atom. The topological polar surface area (TPSA) is 20.3 Å². The fraction of sp³-hybridized carbons (Fsp3) is 0.833. The van der Waals surface area contributed by atoms with Crippen LogP contribution in [0, 0.1) is 0 Å². The molecule has 0 atom stereocenters. The molecule has 5 heteroatoms. The first kappa shape index (κ1) is 10.7. The molecule has 0 aromatic carbocycles. The lowest BCUT2D eigenvalue weighted by Gasteiger charge is -2.15. The minimum absolute atomic E-state index is 0.379. The van der Waals surface area contributed by atoms with Crippen LogP contribution in [-0.4, -0.2) is 42.8 Å². The third-order valence-electron chi connectivity index (χ3n) is 1.19. The second kappa shape index (κ2) is 5.35. The number of carbonyl (C=O) groups excluding carboxylic acids is 1. The summed E-state index contributed by atoms with van der Waals surface area (Å²) in [7, 11) is 1.38. The lowest BCUT2D eigenvalue weighted by atomic mass is 10.5. The van der Waals surface area contributed by atoms with E-state index in [2.05, 4.69) is 0 Å². The van der Waals surface area contributed by atoms with Crippen molar-refractivity contribution in [1.29, 1.82) is 0 Å². The second-order valence-electron chi connectivity index (χ2n) is 2.05. The zero-order valence-electron chi connectivity index (χ0n) is 6.51. The zero-order chi connectivity index (χ0) is 8.85. The van der Waals surface area contributed by atoms with Gasteiger partial charge in [-0.15, -0.1) is 0 Å². The lowest BCUT2D eigenvalue weighted by molar-refractivity contribution is -0.141. The number of carbonyl (C=O) groups is 1. The van der Waals surface area contributed by atoms with Gasteiger partial charge in [0.25, 0.3) is 5.91 Å². The molecule has 0 aromatic heterocycles. The fourth-order valence-corrected chi connectivity index (χ4v) is 0.961. The van der Waals surface area contributed by atoms with Crippen molar-refractivity contribution in [2.45, 2.75) is 6.43 Å². The number of hydrogen-bond acceptors (Lipinski definition) is 2. The molecule has 0 fully saturated rings. The summed E-state index contributed by atoms with van der Waals surface area (Å²) in [6.07, 6.45) is -1.01. The van der Waals surface area contributed by atoms with E-state index in [1.807, 2.05) is 6.26 Å². The molecule has 0 aromatic rings. The van der Waals surface area contributed by atoms with E-state index in [0.29, 0.717) is 12.3 Å². The first-order valence-electron chi connectivity index (χ1n) is 3.11. The fourth-order valence-electron chi connectivity index (χ4n) is 0.505. The standard InChI is InChI=1S/C6H11F2NOS/c1-9(3-4-11-2)6(10)5(7)8/h5H,3-4H2,1-2H3. The van der Waals surface area contributed by atoms with E-state index in [-0.39, 0.29) is 0 Å². The molecule has 0 saturated heterocycles. The first-order chi connectivity index (χ1) is 5.09. The molecule has 0 rings (SSSR count). The van der Waals surface area contributed by atoms with E-state index in [1.165, 1.54) is 18.8 Å². The Kier molecular flexibility index (Phi) is 5.19. The minimum Gasteiger partial charge on any atom is -0.340 e. The molecule has 0 heterocycles. The van der Waals surface area contributed by atoms with Crippen molar-refractivity contribution >= 4 is 17.7 Å². The first-order valence-corrected chi connectivity index (χ1v) is 4.51. The Balaban J connectivity index is 3.64. The lowest BCUT2D eigenvalue weighted by Crippen LogP contribution is -2.33. The van der Waals surface area contributed by atoms with Crippen LogP contribution in [0.2, 0.25) is 0 Å². The van der Waals surface area contributed by atoms with Gasteiger partial charge in [0.15, 0.2) is 0 Å². The molecule has 0 unspecified atom stereocenters. The Morgan fingerprint density at radius 1 is 1.64 bits per heavy atom. The normalized spacial score (nSPS) is 10.3. The molecule has 0 spiro atoms. The molecule has 66 valence electrons. The highest BCUT2D eigenvalue weighted by atomic mass is 32.2. The van der Waals surface area contributed by atoms with Gasteiger partial charge in [-0.1, -0.05) is 0 Å². The molecular formula is C6H11F2NOS. The van der Waals surface area contributed by atoms with E-state index < -0.39 is 12.3 Å². The molecule has 0 bridgehead atoms. The van der Waals surface area contributed by atoms with E-state index >= 15 is 0 Å². The van der Waals surface area contributed by atoms with Gasteiger partial charge in [0.1, 0.15) is 0 Å². The van der Waals surface area contributed by atoms with Crippen molar-refractivity contribution in [3.63, 3.8) is 0 Å². The Hall–Kier alpha value is -0.320. The number of hydrogen-bond donors (Lipinski definition) is 0. The van der Waals surface area contributed by atoms with Crippen molar-refractivity contribution in [1.82, 2.24) is 4.90 Å². The smallest absolute Gasteiger partial charge is 0.315 e. The molecule has 0 aliphatic rings. The average Bonchev–Trinajstić information content (AvgIpc) is 1.98. The summed E-state index contributed by atoms with van der Waals surface area (Å²) in [6.45, 7) is 0.379. The van der Waals surface area contributed by atoms with E-state index in [0.717, 1.165) is 4.90 Å². The minimum atomic E-state index is -2.87.